The smallest absolute Gasteiger partial charge is 0.369 e. The number of piperazine rings is 1. The molecule has 0 spiro atoms. The first-order valence-corrected chi connectivity index (χ1v) is 12.6. The van der Waals surface area contributed by atoms with Gasteiger partial charge in [-0.25, -0.2) is 5.06 Å². The van der Waals surface area contributed by atoms with Gasteiger partial charge in [0, 0.05) is 50.2 Å². The van der Waals surface area contributed by atoms with Crippen molar-refractivity contribution < 1.29 is 18.0 Å². The van der Waals surface area contributed by atoms with Gasteiger partial charge in [0.1, 0.15) is 5.65 Å². The lowest BCUT2D eigenvalue weighted by Crippen LogP contribution is -2.44. The third-order valence-corrected chi connectivity index (χ3v) is 7.11. The van der Waals surface area contributed by atoms with Crippen LogP contribution in [0.1, 0.15) is 23.6 Å². The number of halogens is 3. The molecule has 8 nitrogen and oxygen atoms in total. The molecule has 2 fully saturated rings. The minimum absolute atomic E-state index is 0.0754. The van der Waals surface area contributed by atoms with Crippen LogP contribution in [-0.4, -0.2) is 59.7 Å². The molecule has 2 saturated heterocycles. The Labute approximate surface area is 218 Å². The van der Waals surface area contributed by atoms with E-state index in [0.717, 1.165) is 49.3 Å². The Kier molecular flexibility index (Phi) is 6.32. The number of nitrogens with one attached hydrogen (secondary N) is 2. The number of aromatic nitrogens is 3. The predicted molar refractivity (Wildman–Crippen MR) is 141 cm³/mol. The number of anilines is 4. The number of likely N-dealkylation sites (N-methyl/N-ethyl adjacent to an activating group) is 1. The molecule has 1 atom stereocenters. The fraction of sp³-hybridized carbons (Fsp3) is 0.333. The van der Waals surface area contributed by atoms with Gasteiger partial charge in [0.25, 0.3) is 0 Å². The van der Waals surface area contributed by atoms with Gasteiger partial charge in [-0.05, 0) is 36.9 Å². The van der Waals surface area contributed by atoms with Crippen LogP contribution in [0, 0.1) is 0 Å². The summed E-state index contributed by atoms with van der Waals surface area (Å²) < 4.78 is 41.8. The van der Waals surface area contributed by atoms with Crippen LogP contribution in [0.3, 0.4) is 0 Å². The van der Waals surface area contributed by atoms with E-state index in [4.69, 9.17) is 4.84 Å². The molecular formula is C27H28F3N7O. The lowest BCUT2D eigenvalue weighted by Gasteiger charge is -2.34. The number of alkyl halides is 3. The number of aromatic amines is 1. The molecule has 0 radical (unpaired) electrons. The van der Waals surface area contributed by atoms with Gasteiger partial charge in [0.2, 0.25) is 5.95 Å². The summed E-state index contributed by atoms with van der Waals surface area (Å²) in [5.74, 6) is 0.254. The maximum Gasteiger partial charge on any atom is 0.418 e. The van der Waals surface area contributed by atoms with Gasteiger partial charge in [0.15, 0.2) is 5.82 Å². The monoisotopic (exact) mass is 523 g/mol. The largest absolute Gasteiger partial charge is 0.418 e. The van der Waals surface area contributed by atoms with E-state index in [1.807, 2.05) is 54.6 Å². The van der Waals surface area contributed by atoms with Crippen LogP contribution < -0.4 is 15.3 Å². The number of H-pyrrole nitrogens is 1. The van der Waals surface area contributed by atoms with E-state index in [1.54, 1.807) is 0 Å². The number of fused-ring (bicyclic) bond motifs is 1. The van der Waals surface area contributed by atoms with Gasteiger partial charge in [-0.2, -0.15) is 23.1 Å². The zero-order valence-corrected chi connectivity index (χ0v) is 20.9. The summed E-state index contributed by atoms with van der Waals surface area (Å²) in [5.41, 5.74) is 2.05. The average molecular weight is 524 g/mol. The quantitative estimate of drug-likeness (QED) is 0.365. The molecule has 2 aromatic heterocycles. The number of hydroxylamine groups is 1. The second-order valence-electron chi connectivity index (χ2n) is 9.63. The molecule has 198 valence electrons. The van der Waals surface area contributed by atoms with Crippen molar-refractivity contribution in [3.63, 3.8) is 0 Å². The van der Waals surface area contributed by atoms with Crippen LogP contribution >= 0.6 is 0 Å². The van der Waals surface area contributed by atoms with E-state index in [1.165, 1.54) is 5.06 Å². The van der Waals surface area contributed by atoms with Crippen molar-refractivity contribution in [2.45, 2.75) is 18.6 Å². The summed E-state index contributed by atoms with van der Waals surface area (Å²) in [6.45, 7) is 4.30. The van der Waals surface area contributed by atoms with E-state index in [-0.39, 0.29) is 28.8 Å². The second-order valence-corrected chi connectivity index (χ2v) is 9.63. The van der Waals surface area contributed by atoms with E-state index < -0.39 is 11.7 Å². The van der Waals surface area contributed by atoms with Crippen LogP contribution in [0.25, 0.3) is 11.0 Å². The van der Waals surface area contributed by atoms with Gasteiger partial charge < -0.3 is 20.1 Å². The Hall–Kier alpha value is -3.83. The Morgan fingerprint density at radius 1 is 0.974 bits per heavy atom. The van der Waals surface area contributed by atoms with Crippen LogP contribution in [0.4, 0.5) is 36.3 Å². The summed E-state index contributed by atoms with van der Waals surface area (Å²) >= 11 is 0. The topological polar surface area (TPSA) is 72.6 Å². The fourth-order valence-corrected chi connectivity index (χ4v) is 5.06. The highest BCUT2D eigenvalue weighted by Gasteiger charge is 2.39. The molecule has 4 aromatic rings. The summed E-state index contributed by atoms with van der Waals surface area (Å²) in [7, 11) is 2.12. The molecule has 4 heterocycles. The van der Waals surface area contributed by atoms with E-state index >= 15 is 0 Å². The van der Waals surface area contributed by atoms with Gasteiger partial charge in [-0.15, -0.1) is 0 Å². The molecule has 2 aromatic carbocycles. The first kappa shape index (κ1) is 24.5. The number of hydrogen-bond donors (Lipinski definition) is 2. The molecule has 0 unspecified atom stereocenters. The zero-order valence-electron chi connectivity index (χ0n) is 20.9. The molecule has 6 rings (SSSR count). The van der Waals surface area contributed by atoms with Gasteiger partial charge in [-0.3, -0.25) is 4.84 Å². The second kappa shape index (κ2) is 9.80. The Bertz CT molecular complexity index is 1400. The standard InChI is InChI=1S/C27H28F3N7O/c1-35-12-14-36(15-13-35)20-9-7-19(8-10-20)32-26-33-24-23(21(17-31-24)27(28,29)30)25(34-26)37-22(11-16-38-37)18-5-3-2-4-6-18/h2-10,17,22H,11-16H2,1H3,(H2,31,32,33,34)/t22-/m0/s1. The summed E-state index contributed by atoms with van der Waals surface area (Å²) in [6, 6.07) is 17.2. The normalized spacial score (nSPS) is 18.9. The summed E-state index contributed by atoms with van der Waals surface area (Å²) in [5, 5.41) is 4.54. The van der Waals surface area contributed by atoms with Crippen LogP contribution in [-0.2, 0) is 11.0 Å². The lowest BCUT2D eigenvalue weighted by atomic mass is 10.0. The first-order valence-electron chi connectivity index (χ1n) is 12.6. The average Bonchev–Trinajstić information content (AvgIpc) is 3.58. The number of rotatable bonds is 5. The van der Waals surface area contributed by atoms with E-state index in [2.05, 4.69) is 37.1 Å². The van der Waals surface area contributed by atoms with Gasteiger partial charge in [-0.1, -0.05) is 30.3 Å². The number of benzene rings is 2. The minimum Gasteiger partial charge on any atom is -0.369 e. The van der Waals surface area contributed by atoms with Crippen LogP contribution in [0.5, 0.6) is 0 Å². The molecule has 38 heavy (non-hydrogen) atoms. The zero-order chi connectivity index (χ0) is 26.3. The summed E-state index contributed by atoms with van der Waals surface area (Å²) in [4.78, 5) is 22.1. The number of nitrogens with zero attached hydrogens (tertiary/aromatic N) is 5. The van der Waals surface area contributed by atoms with E-state index in [0.29, 0.717) is 13.0 Å². The highest BCUT2D eigenvalue weighted by molar-refractivity contribution is 5.92. The Balaban J connectivity index is 1.35. The predicted octanol–water partition coefficient (Wildman–Crippen LogP) is 5.36. The highest BCUT2D eigenvalue weighted by atomic mass is 19.4. The van der Waals surface area contributed by atoms with E-state index in [9.17, 15) is 13.2 Å². The molecule has 0 bridgehead atoms. The Morgan fingerprint density at radius 3 is 2.42 bits per heavy atom. The fourth-order valence-electron chi connectivity index (χ4n) is 5.06. The molecule has 0 saturated carbocycles. The maximum atomic E-state index is 13.9. The molecule has 0 amide bonds. The maximum absolute atomic E-state index is 13.9. The molecular weight excluding hydrogens is 495 g/mol. The van der Waals surface area contributed by atoms with Crippen molar-refractivity contribution in [3.05, 3.63) is 71.9 Å². The SMILES string of the molecule is CN1CCN(c2ccc(Nc3nc(N4OCC[C@H]4c4ccccc4)c4c(C(F)(F)F)c[nH]c4n3)cc2)CC1. The third-order valence-electron chi connectivity index (χ3n) is 7.11. The summed E-state index contributed by atoms with van der Waals surface area (Å²) in [6.07, 6.45) is -3.02. The third kappa shape index (κ3) is 4.74. The highest BCUT2D eigenvalue weighted by Crippen LogP contribution is 2.43. The number of hydrogen-bond acceptors (Lipinski definition) is 7. The Morgan fingerprint density at radius 2 is 1.71 bits per heavy atom. The van der Waals surface area contributed by atoms with Crippen molar-refractivity contribution in [1.29, 1.82) is 0 Å². The van der Waals surface area contributed by atoms with Crippen molar-refractivity contribution in [1.82, 2.24) is 19.9 Å². The molecule has 2 aliphatic rings. The van der Waals surface area contributed by atoms with Gasteiger partial charge >= 0.3 is 6.18 Å². The molecule has 2 aliphatic heterocycles. The van der Waals surface area contributed by atoms with Crippen LogP contribution in [0.15, 0.2) is 60.8 Å². The van der Waals surface area contributed by atoms with Gasteiger partial charge in [0.05, 0.1) is 23.6 Å². The van der Waals surface area contributed by atoms with Crippen molar-refractivity contribution in [2.24, 2.45) is 0 Å². The first-order chi connectivity index (χ1) is 18.4. The molecule has 0 aliphatic carbocycles. The van der Waals surface area contributed by atoms with Crippen molar-refractivity contribution in [3.8, 4) is 0 Å². The minimum atomic E-state index is -4.58. The molecule has 11 heteroatoms. The van der Waals surface area contributed by atoms with Crippen LogP contribution in [0.2, 0.25) is 0 Å². The lowest BCUT2D eigenvalue weighted by molar-refractivity contribution is -0.136. The van der Waals surface area contributed by atoms with Crippen molar-refractivity contribution in [2.75, 3.05) is 55.1 Å². The van der Waals surface area contributed by atoms with Crippen molar-refractivity contribution >= 4 is 34.2 Å². The molecule has 2 N–H and O–H groups in total.